The smallest absolute Gasteiger partial charge is 0.153 e. The summed E-state index contributed by atoms with van der Waals surface area (Å²) in [5.41, 5.74) is 2.07. The largest absolute Gasteiger partial charge is 0.454 e. The number of nitriles is 2. The van der Waals surface area contributed by atoms with Crippen LogP contribution in [0.2, 0.25) is 0 Å². The van der Waals surface area contributed by atoms with Crippen LogP contribution < -0.4 is 0 Å². The minimum Gasteiger partial charge on any atom is -0.454 e. The van der Waals surface area contributed by atoms with Crippen LogP contribution in [0.4, 0.5) is 0 Å². The second-order valence-corrected chi connectivity index (χ2v) is 4.13. The first-order valence-electron chi connectivity index (χ1n) is 5.86. The van der Waals surface area contributed by atoms with E-state index in [0.29, 0.717) is 17.0 Å². The van der Waals surface area contributed by atoms with Crippen LogP contribution in [0.1, 0.15) is 5.56 Å². The normalized spacial score (nSPS) is 9.90. The summed E-state index contributed by atoms with van der Waals surface area (Å²) < 4.78 is 5.74. The predicted octanol–water partition coefficient (Wildman–Crippen LogP) is 3.25. The van der Waals surface area contributed by atoms with Crippen molar-refractivity contribution in [1.29, 1.82) is 10.5 Å². The summed E-state index contributed by atoms with van der Waals surface area (Å²) >= 11 is 0. The molecule has 0 bridgehead atoms. The number of aromatic nitrogens is 2. The second-order valence-electron chi connectivity index (χ2n) is 4.13. The Labute approximate surface area is 114 Å². The van der Waals surface area contributed by atoms with Gasteiger partial charge in [-0.3, -0.25) is 5.10 Å². The Balaban J connectivity index is 2.12. The zero-order valence-electron chi connectivity index (χ0n) is 10.3. The van der Waals surface area contributed by atoms with Gasteiger partial charge in [-0.05, 0) is 18.2 Å². The predicted molar refractivity (Wildman–Crippen MR) is 73.0 cm³/mol. The summed E-state index contributed by atoms with van der Waals surface area (Å²) in [7, 11) is 0. The Bertz CT molecular complexity index is 837. The SMILES string of the molecule is N#CC(C#N)=Cc1cn[nH]c1-c1cc2ccccc2o1. The van der Waals surface area contributed by atoms with Gasteiger partial charge in [0.1, 0.15) is 29.0 Å². The van der Waals surface area contributed by atoms with Gasteiger partial charge in [0.05, 0.1) is 6.20 Å². The molecule has 0 amide bonds. The summed E-state index contributed by atoms with van der Waals surface area (Å²) in [5, 5.41) is 25.4. The van der Waals surface area contributed by atoms with Gasteiger partial charge in [-0.25, -0.2) is 0 Å². The Hall–Kier alpha value is -3.31. The maximum Gasteiger partial charge on any atom is 0.153 e. The molecule has 94 valence electrons. The maximum absolute atomic E-state index is 8.81. The Morgan fingerprint density at radius 3 is 2.80 bits per heavy atom. The van der Waals surface area contributed by atoms with Crippen molar-refractivity contribution in [3.05, 3.63) is 47.7 Å². The third-order valence-electron chi connectivity index (χ3n) is 2.88. The maximum atomic E-state index is 8.81. The molecular weight excluding hydrogens is 252 g/mol. The first-order chi connectivity index (χ1) is 9.81. The van der Waals surface area contributed by atoms with Crippen LogP contribution in [0.3, 0.4) is 0 Å². The lowest BCUT2D eigenvalue weighted by Crippen LogP contribution is -1.79. The van der Waals surface area contributed by atoms with E-state index in [2.05, 4.69) is 10.2 Å². The van der Waals surface area contributed by atoms with Gasteiger partial charge in [0.25, 0.3) is 0 Å². The number of fused-ring (bicyclic) bond motifs is 1. The van der Waals surface area contributed by atoms with Crippen molar-refractivity contribution < 1.29 is 4.42 Å². The van der Waals surface area contributed by atoms with Gasteiger partial charge in [0.2, 0.25) is 0 Å². The lowest BCUT2D eigenvalue weighted by molar-refractivity contribution is 0.628. The number of rotatable bonds is 2. The molecule has 20 heavy (non-hydrogen) atoms. The first kappa shape index (κ1) is 11.8. The van der Waals surface area contributed by atoms with E-state index in [0.717, 1.165) is 11.0 Å². The molecule has 0 atom stereocenters. The average molecular weight is 260 g/mol. The van der Waals surface area contributed by atoms with Crippen LogP contribution in [0, 0.1) is 22.7 Å². The minimum absolute atomic E-state index is 0.0174. The van der Waals surface area contributed by atoms with E-state index >= 15 is 0 Å². The summed E-state index contributed by atoms with van der Waals surface area (Å²) in [4.78, 5) is 0. The van der Waals surface area contributed by atoms with E-state index in [1.165, 1.54) is 6.08 Å². The average Bonchev–Trinajstić information content (AvgIpc) is 3.10. The van der Waals surface area contributed by atoms with Gasteiger partial charge in [-0.15, -0.1) is 0 Å². The molecule has 2 aromatic heterocycles. The fraction of sp³-hybridized carbons (Fsp3) is 0. The van der Waals surface area contributed by atoms with Gasteiger partial charge in [0.15, 0.2) is 5.76 Å². The summed E-state index contributed by atoms with van der Waals surface area (Å²) in [6.07, 6.45) is 3.03. The summed E-state index contributed by atoms with van der Waals surface area (Å²) in [6.45, 7) is 0. The quantitative estimate of drug-likeness (QED) is 0.716. The highest BCUT2D eigenvalue weighted by atomic mass is 16.3. The minimum atomic E-state index is 0.0174. The second kappa shape index (κ2) is 4.75. The van der Waals surface area contributed by atoms with Gasteiger partial charge in [0, 0.05) is 10.9 Å². The lowest BCUT2D eigenvalue weighted by Gasteiger charge is -1.93. The van der Waals surface area contributed by atoms with Crippen molar-refractivity contribution in [2.75, 3.05) is 0 Å². The number of furan rings is 1. The molecule has 3 aromatic rings. The first-order valence-corrected chi connectivity index (χ1v) is 5.86. The van der Waals surface area contributed by atoms with Crippen LogP contribution in [-0.4, -0.2) is 10.2 Å². The number of hydrogen-bond acceptors (Lipinski definition) is 4. The van der Waals surface area contributed by atoms with Crippen molar-refractivity contribution in [2.45, 2.75) is 0 Å². The lowest BCUT2D eigenvalue weighted by atomic mass is 10.1. The molecule has 1 N–H and O–H groups in total. The van der Waals surface area contributed by atoms with Crippen molar-refractivity contribution in [3.63, 3.8) is 0 Å². The van der Waals surface area contributed by atoms with E-state index in [1.807, 2.05) is 42.5 Å². The zero-order chi connectivity index (χ0) is 13.9. The van der Waals surface area contributed by atoms with Gasteiger partial charge < -0.3 is 4.42 Å². The number of benzene rings is 1. The molecule has 5 nitrogen and oxygen atoms in total. The van der Waals surface area contributed by atoms with Gasteiger partial charge in [-0.1, -0.05) is 18.2 Å². The highest BCUT2D eigenvalue weighted by molar-refractivity contribution is 5.84. The molecular formula is C15H8N4O. The molecule has 0 unspecified atom stereocenters. The van der Waals surface area contributed by atoms with Crippen LogP contribution in [0.25, 0.3) is 28.5 Å². The standard InChI is InChI=1S/C15H8N4O/c16-7-10(8-17)5-12-9-18-19-15(12)14-6-11-3-1-2-4-13(11)20-14/h1-6,9H,(H,18,19). The number of para-hydroxylation sites is 1. The van der Waals surface area contributed by atoms with E-state index in [9.17, 15) is 0 Å². The van der Waals surface area contributed by atoms with E-state index < -0.39 is 0 Å². The van der Waals surface area contributed by atoms with E-state index in [-0.39, 0.29) is 5.57 Å². The highest BCUT2D eigenvalue weighted by Crippen LogP contribution is 2.29. The third kappa shape index (κ3) is 1.94. The number of nitrogens with zero attached hydrogens (tertiary/aromatic N) is 3. The fourth-order valence-electron chi connectivity index (χ4n) is 1.95. The molecule has 5 heteroatoms. The molecule has 1 aromatic carbocycles. The molecule has 0 fully saturated rings. The Morgan fingerprint density at radius 2 is 2.05 bits per heavy atom. The molecule has 0 radical (unpaired) electrons. The Kier molecular flexibility index (Phi) is 2.80. The van der Waals surface area contributed by atoms with Crippen molar-refractivity contribution in [1.82, 2.24) is 10.2 Å². The number of H-pyrrole nitrogens is 1. The molecule has 0 spiro atoms. The third-order valence-corrected chi connectivity index (χ3v) is 2.88. The molecule has 0 aliphatic heterocycles. The molecule has 3 rings (SSSR count). The van der Waals surface area contributed by atoms with Crippen molar-refractivity contribution >= 4 is 17.0 Å². The molecule has 0 saturated heterocycles. The molecule has 0 aliphatic carbocycles. The van der Waals surface area contributed by atoms with E-state index in [1.54, 1.807) is 6.20 Å². The molecule has 0 aliphatic rings. The summed E-state index contributed by atoms with van der Waals surface area (Å²) in [6, 6.07) is 13.2. The van der Waals surface area contributed by atoms with Crippen LogP contribution in [-0.2, 0) is 0 Å². The van der Waals surface area contributed by atoms with Crippen LogP contribution in [0.15, 0.2) is 46.5 Å². The van der Waals surface area contributed by atoms with E-state index in [4.69, 9.17) is 14.9 Å². The number of nitrogens with one attached hydrogen (secondary N) is 1. The summed E-state index contributed by atoms with van der Waals surface area (Å²) in [5.74, 6) is 0.616. The number of aromatic amines is 1. The fourth-order valence-corrected chi connectivity index (χ4v) is 1.95. The Morgan fingerprint density at radius 1 is 1.25 bits per heavy atom. The van der Waals surface area contributed by atoms with Crippen molar-refractivity contribution in [3.8, 4) is 23.6 Å². The van der Waals surface area contributed by atoms with Crippen molar-refractivity contribution in [2.24, 2.45) is 0 Å². The molecule has 2 heterocycles. The van der Waals surface area contributed by atoms with Crippen LogP contribution in [0.5, 0.6) is 0 Å². The monoisotopic (exact) mass is 260 g/mol. The number of hydrogen-bond donors (Lipinski definition) is 1. The molecule has 0 saturated carbocycles. The topological polar surface area (TPSA) is 89.4 Å². The van der Waals surface area contributed by atoms with Crippen LogP contribution >= 0.6 is 0 Å². The highest BCUT2D eigenvalue weighted by Gasteiger charge is 2.12. The van der Waals surface area contributed by atoms with Gasteiger partial charge >= 0.3 is 0 Å². The zero-order valence-corrected chi connectivity index (χ0v) is 10.3. The number of allylic oxidation sites excluding steroid dienone is 1. The van der Waals surface area contributed by atoms with Gasteiger partial charge in [-0.2, -0.15) is 15.6 Å².